The van der Waals surface area contributed by atoms with Crippen LogP contribution < -0.4 is 5.32 Å². The Labute approximate surface area is 133 Å². The molecule has 1 spiro atoms. The quantitative estimate of drug-likeness (QED) is 0.893. The number of benzene rings is 1. The van der Waals surface area contributed by atoms with Crippen LogP contribution in [-0.2, 0) is 16.1 Å². The van der Waals surface area contributed by atoms with Crippen molar-refractivity contribution in [1.29, 1.82) is 0 Å². The van der Waals surface area contributed by atoms with Crippen molar-refractivity contribution in [3.05, 3.63) is 23.8 Å². The molecule has 3 heterocycles. The summed E-state index contributed by atoms with van der Waals surface area (Å²) < 4.78 is 10.8. The molecule has 0 radical (unpaired) electrons. The van der Waals surface area contributed by atoms with E-state index in [9.17, 15) is 4.79 Å². The van der Waals surface area contributed by atoms with Gasteiger partial charge in [-0.25, -0.2) is 4.63 Å². The maximum Gasteiger partial charge on any atom is 0.222 e. The molecule has 2 aromatic rings. The predicted octanol–water partition coefficient (Wildman–Crippen LogP) is 1.09. The van der Waals surface area contributed by atoms with Gasteiger partial charge in [-0.1, -0.05) is 12.1 Å². The first-order chi connectivity index (χ1) is 11.2. The Hall–Kier alpha value is -1.99. The molecule has 7 heteroatoms. The summed E-state index contributed by atoms with van der Waals surface area (Å²) in [7, 11) is 0. The first-order valence-corrected chi connectivity index (χ1v) is 8.07. The maximum absolute atomic E-state index is 11.5. The van der Waals surface area contributed by atoms with Crippen LogP contribution in [0, 0.1) is 0 Å². The smallest absolute Gasteiger partial charge is 0.222 e. The van der Waals surface area contributed by atoms with Crippen molar-refractivity contribution in [2.45, 2.75) is 31.4 Å². The highest BCUT2D eigenvalue weighted by Gasteiger charge is 2.37. The number of aromatic nitrogens is 2. The summed E-state index contributed by atoms with van der Waals surface area (Å²) in [6.45, 7) is 3.86. The maximum atomic E-state index is 11.5. The van der Waals surface area contributed by atoms with Gasteiger partial charge in [-0.05, 0) is 34.8 Å². The van der Waals surface area contributed by atoms with Gasteiger partial charge >= 0.3 is 0 Å². The number of carbonyl (C=O) groups excluding carboxylic acids is 1. The van der Waals surface area contributed by atoms with E-state index in [4.69, 9.17) is 9.37 Å². The summed E-state index contributed by atoms with van der Waals surface area (Å²) in [5.41, 5.74) is 2.58. The molecule has 7 nitrogen and oxygen atoms in total. The van der Waals surface area contributed by atoms with Crippen molar-refractivity contribution >= 4 is 16.9 Å². The minimum absolute atomic E-state index is 0.0921. The lowest BCUT2D eigenvalue weighted by Gasteiger charge is -2.40. The van der Waals surface area contributed by atoms with Crippen LogP contribution in [0.3, 0.4) is 0 Å². The number of hydrogen-bond acceptors (Lipinski definition) is 6. The number of piperidine rings is 1. The van der Waals surface area contributed by atoms with E-state index in [2.05, 4.69) is 26.6 Å². The number of rotatable bonds is 2. The summed E-state index contributed by atoms with van der Waals surface area (Å²) in [5.74, 6) is 0.0921. The minimum Gasteiger partial charge on any atom is -0.373 e. The minimum atomic E-state index is -0.190. The van der Waals surface area contributed by atoms with Gasteiger partial charge in [-0.2, -0.15) is 0 Å². The number of amides is 1. The van der Waals surface area contributed by atoms with E-state index < -0.39 is 0 Å². The van der Waals surface area contributed by atoms with Gasteiger partial charge in [-0.3, -0.25) is 9.69 Å². The van der Waals surface area contributed by atoms with Gasteiger partial charge in [0.25, 0.3) is 0 Å². The third-order valence-corrected chi connectivity index (χ3v) is 4.88. The number of ether oxygens (including phenoxy) is 1. The Morgan fingerprint density at radius 3 is 3.00 bits per heavy atom. The fourth-order valence-corrected chi connectivity index (χ4v) is 3.43. The van der Waals surface area contributed by atoms with Crippen molar-refractivity contribution in [1.82, 2.24) is 20.5 Å². The van der Waals surface area contributed by atoms with E-state index in [0.29, 0.717) is 19.6 Å². The van der Waals surface area contributed by atoms with Crippen molar-refractivity contribution in [2.24, 2.45) is 0 Å². The van der Waals surface area contributed by atoms with Crippen molar-refractivity contribution in [3.63, 3.8) is 0 Å². The molecule has 0 aliphatic carbocycles. The fourth-order valence-electron chi connectivity index (χ4n) is 3.43. The molecule has 2 fully saturated rings. The SMILES string of the molecule is O=C1CCOC2(CCN(Cc3cccc4nonc34)CC2)CN1. The van der Waals surface area contributed by atoms with Gasteiger partial charge in [0.1, 0.15) is 11.0 Å². The highest BCUT2D eigenvalue weighted by atomic mass is 16.6. The van der Waals surface area contributed by atoms with Crippen molar-refractivity contribution in [3.8, 4) is 0 Å². The normalized spacial score (nSPS) is 22.2. The molecule has 0 bridgehead atoms. The number of nitrogens with zero attached hydrogens (tertiary/aromatic N) is 3. The average Bonchev–Trinajstić information content (AvgIpc) is 2.98. The topological polar surface area (TPSA) is 80.5 Å². The molecule has 122 valence electrons. The second-order valence-corrected chi connectivity index (χ2v) is 6.38. The van der Waals surface area contributed by atoms with Gasteiger partial charge in [0.15, 0.2) is 0 Å². The largest absolute Gasteiger partial charge is 0.373 e. The van der Waals surface area contributed by atoms with Crippen LogP contribution in [0.1, 0.15) is 24.8 Å². The highest BCUT2D eigenvalue weighted by Crippen LogP contribution is 2.29. The van der Waals surface area contributed by atoms with Gasteiger partial charge in [-0.15, -0.1) is 0 Å². The molecule has 23 heavy (non-hydrogen) atoms. The molecular weight excluding hydrogens is 296 g/mol. The standard InChI is InChI=1S/C16H20N4O3/c21-14-4-9-22-16(11-17-14)5-7-20(8-6-16)10-12-2-1-3-13-15(12)19-23-18-13/h1-3H,4-11H2,(H,17,21). The third-order valence-electron chi connectivity index (χ3n) is 4.88. The molecule has 2 aliphatic rings. The molecule has 0 unspecified atom stereocenters. The van der Waals surface area contributed by atoms with Crippen LogP contribution in [0.25, 0.3) is 11.0 Å². The monoisotopic (exact) mass is 316 g/mol. The van der Waals surface area contributed by atoms with E-state index in [1.807, 2.05) is 12.1 Å². The number of fused-ring (bicyclic) bond motifs is 1. The highest BCUT2D eigenvalue weighted by molar-refractivity contribution is 5.77. The fraction of sp³-hybridized carbons (Fsp3) is 0.562. The lowest BCUT2D eigenvalue weighted by Crippen LogP contribution is -2.50. The van der Waals surface area contributed by atoms with Crippen LogP contribution in [0.5, 0.6) is 0 Å². The van der Waals surface area contributed by atoms with Crippen molar-refractivity contribution < 1.29 is 14.2 Å². The summed E-state index contributed by atoms with van der Waals surface area (Å²) in [6.07, 6.45) is 2.33. The van der Waals surface area contributed by atoms with Crippen LogP contribution in [0.2, 0.25) is 0 Å². The van der Waals surface area contributed by atoms with Crippen molar-refractivity contribution in [2.75, 3.05) is 26.2 Å². The van der Waals surface area contributed by atoms with E-state index in [1.54, 1.807) is 0 Å². The summed E-state index contributed by atoms with van der Waals surface area (Å²) in [4.78, 5) is 13.9. The number of carbonyl (C=O) groups is 1. The molecule has 4 rings (SSSR count). The summed E-state index contributed by atoms with van der Waals surface area (Å²) in [6, 6.07) is 5.96. The summed E-state index contributed by atoms with van der Waals surface area (Å²) in [5, 5.41) is 10.9. The Bertz CT molecular complexity index is 706. The zero-order chi connectivity index (χ0) is 15.7. The zero-order valence-corrected chi connectivity index (χ0v) is 13.0. The molecule has 2 saturated heterocycles. The first-order valence-electron chi connectivity index (χ1n) is 8.07. The number of nitrogens with one attached hydrogen (secondary N) is 1. The molecular formula is C16H20N4O3. The van der Waals surface area contributed by atoms with Crippen LogP contribution in [0.15, 0.2) is 22.8 Å². The first kappa shape index (κ1) is 14.6. The second-order valence-electron chi connectivity index (χ2n) is 6.38. The summed E-state index contributed by atoms with van der Waals surface area (Å²) >= 11 is 0. The van der Waals surface area contributed by atoms with Crippen LogP contribution in [0.4, 0.5) is 0 Å². The predicted molar refractivity (Wildman–Crippen MR) is 82.6 cm³/mol. The number of likely N-dealkylation sites (tertiary alicyclic amines) is 1. The molecule has 1 amide bonds. The molecule has 1 aromatic carbocycles. The Kier molecular flexibility index (Phi) is 3.74. The molecule has 1 aromatic heterocycles. The lowest BCUT2D eigenvalue weighted by molar-refractivity contribution is -0.120. The molecule has 2 aliphatic heterocycles. The van der Waals surface area contributed by atoms with E-state index in [1.165, 1.54) is 0 Å². The lowest BCUT2D eigenvalue weighted by atomic mass is 9.90. The Balaban J connectivity index is 1.42. The third kappa shape index (κ3) is 2.94. The van der Waals surface area contributed by atoms with Gasteiger partial charge in [0.2, 0.25) is 5.91 Å². The molecule has 0 atom stereocenters. The van der Waals surface area contributed by atoms with Gasteiger partial charge in [0, 0.05) is 32.6 Å². The van der Waals surface area contributed by atoms with E-state index in [0.717, 1.165) is 49.1 Å². The Morgan fingerprint density at radius 2 is 2.13 bits per heavy atom. The molecule has 1 N–H and O–H groups in total. The second kappa shape index (κ2) is 5.90. The van der Waals surface area contributed by atoms with Gasteiger partial charge < -0.3 is 10.1 Å². The van der Waals surface area contributed by atoms with E-state index >= 15 is 0 Å². The van der Waals surface area contributed by atoms with E-state index in [-0.39, 0.29) is 11.5 Å². The molecule has 0 saturated carbocycles. The van der Waals surface area contributed by atoms with Gasteiger partial charge in [0.05, 0.1) is 12.2 Å². The average molecular weight is 316 g/mol. The van der Waals surface area contributed by atoms with Crippen LogP contribution >= 0.6 is 0 Å². The zero-order valence-electron chi connectivity index (χ0n) is 13.0. The van der Waals surface area contributed by atoms with Crippen LogP contribution in [-0.4, -0.2) is 53.0 Å². The number of hydrogen-bond donors (Lipinski definition) is 1. The Morgan fingerprint density at radius 1 is 1.26 bits per heavy atom.